The van der Waals surface area contributed by atoms with E-state index in [1.165, 1.54) is 0 Å². The summed E-state index contributed by atoms with van der Waals surface area (Å²) in [5.74, 6) is 1.71. The Labute approximate surface area is 158 Å². The molecular weight excluding hydrogens is 344 g/mol. The van der Waals surface area contributed by atoms with Crippen LogP contribution < -0.4 is 14.2 Å². The molecule has 0 spiro atoms. The lowest BCUT2D eigenvalue weighted by Gasteiger charge is -2.12. The Balaban J connectivity index is 2.03. The smallest absolute Gasteiger partial charge is 0.343 e. The molecule has 0 saturated heterocycles. The number of rotatable bonds is 5. The van der Waals surface area contributed by atoms with Gasteiger partial charge in [-0.15, -0.1) is 0 Å². The maximum atomic E-state index is 12.4. The molecule has 5 heteroatoms. The number of esters is 1. The van der Waals surface area contributed by atoms with Crippen molar-refractivity contribution in [1.29, 1.82) is 0 Å². The van der Waals surface area contributed by atoms with Crippen LogP contribution in [0.3, 0.4) is 0 Å². The lowest BCUT2D eigenvalue weighted by Crippen LogP contribution is -1.99. The SMILES string of the molecule is COc1cc(C=C2C=C(c3cc(C)ccc3C)OC2=O)cc(OC)c1OC. The Morgan fingerprint density at radius 1 is 0.926 bits per heavy atom. The Morgan fingerprint density at radius 2 is 1.59 bits per heavy atom. The maximum Gasteiger partial charge on any atom is 0.343 e. The van der Waals surface area contributed by atoms with E-state index in [0.29, 0.717) is 28.6 Å². The fraction of sp³-hybridized carbons (Fsp3) is 0.227. The molecule has 3 rings (SSSR count). The molecule has 0 aliphatic carbocycles. The quantitative estimate of drug-likeness (QED) is 0.583. The average Bonchev–Trinajstić information content (AvgIpc) is 3.02. The van der Waals surface area contributed by atoms with Crippen molar-refractivity contribution in [3.63, 3.8) is 0 Å². The summed E-state index contributed by atoms with van der Waals surface area (Å²) in [5.41, 5.74) is 4.27. The van der Waals surface area contributed by atoms with E-state index >= 15 is 0 Å². The van der Waals surface area contributed by atoms with Gasteiger partial charge in [0.1, 0.15) is 5.76 Å². The van der Waals surface area contributed by atoms with Crippen LogP contribution in [0.25, 0.3) is 11.8 Å². The number of cyclic esters (lactones) is 1. The van der Waals surface area contributed by atoms with E-state index in [1.807, 2.05) is 32.0 Å². The third-order valence-electron chi connectivity index (χ3n) is 4.39. The minimum Gasteiger partial charge on any atom is -0.493 e. The monoisotopic (exact) mass is 366 g/mol. The Morgan fingerprint density at radius 3 is 2.19 bits per heavy atom. The van der Waals surface area contributed by atoms with Crippen molar-refractivity contribution >= 4 is 17.8 Å². The molecule has 2 aromatic carbocycles. The largest absolute Gasteiger partial charge is 0.493 e. The topological polar surface area (TPSA) is 54.0 Å². The molecule has 27 heavy (non-hydrogen) atoms. The summed E-state index contributed by atoms with van der Waals surface area (Å²) in [4.78, 5) is 12.4. The van der Waals surface area contributed by atoms with Gasteiger partial charge >= 0.3 is 5.97 Å². The van der Waals surface area contributed by atoms with Crippen LogP contribution in [-0.2, 0) is 9.53 Å². The van der Waals surface area contributed by atoms with Crippen LogP contribution in [0.4, 0.5) is 0 Å². The number of carbonyl (C=O) groups excluding carboxylic acids is 1. The van der Waals surface area contributed by atoms with Crippen molar-refractivity contribution in [3.05, 3.63) is 64.2 Å². The molecule has 0 fully saturated rings. The number of methoxy groups -OCH3 is 3. The van der Waals surface area contributed by atoms with Crippen molar-refractivity contribution in [2.75, 3.05) is 21.3 Å². The second kappa shape index (κ2) is 7.58. The fourth-order valence-corrected chi connectivity index (χ4v) is 2.99. The van der Waals surface area contributed by atoms with Gasteiger partial charge in [0.15, 0.2) is 11.5 Å². The van der Waals surface area contributed by atoms with Crippen molar-refractivity contribution in [3.8, 4) is 17.2 Å². The van der Waals surface area contributed by atoms with Crippen LogP contribution in [0, 0.1) is 13.8 Å². The molecule has 0 unspecified atom stereocenters. The van der Waals surface area contributed by atoms with E-state index in [2.05, 4.69) is 0 Å². The van der Waals surface area contributed by atoms with Crippen molar-refractivity contribution < 1.29 is 23.7 Å². The third kappa shape index (κ3) is 3.67. The summed E-state index contributed by atoms with van der Waals surface area (Å²) < 4.78 is 21.6. The summed E-state index contributed by atoms with van der Waals surface area (Å²) in [6.45, 7) is 4.00. The molecule has 140 valence electrons. The van der Waals surface area contributed by atoms with E-state index < -0.39 is 0 Å². The van der Waals surface area contributed by atoms with Gasteiger partial charge in [-0.2, -0.15) is 0 Å². The molecule has 1 aliphatic heterocycles. The standard InChI is InChI=1S/C22H22O5/c1-13-6-7-14(2)17(8-13)18-12-16(22(23)27-18)9-15-10-19(24-3)21(26-5)20(11-15)25-4/h6-12H,1-5H3. The number of benzene rings is 2. The predicted octanol–water partition coefficient (Wildman–Crippen LogP) is 4.31. The van der Waals surface area contributed by atoms with E-state index in [0.717, 1.165) is 22.3 Å². The van der Waals surface area contributed by atoms with Crippen molar-refractivity contribution in [1.82, 2.24) is 0 Å². The van der Waals surface area contributed by atoms with Gasteiger partial charge in [-0.05, 0) is 55.3 Å². The first-order valence-electron chi connectivity index (χ1n) is 8.50. The highest BCUT2D eigenvalue weighted by molar-refractivity contribution is 6.05. The predicted molar refractivity (Wildman–Crippen MR) is 104 cm³/mol. The van der Waals surface area contributed by atoms with Crippen LogP contribution >= 0.6 is 0 Å². The summed E-state index contributed by atoms with van der Waals surface area (Å²) in [6, 6.07) is 9.62. The van der Waals surface area contributed by atoms with Gasteiger partial charge in [-0.25, -0.2) is 4.79 Å². The van der Waals surface area contributed by atoms with Gasteiger partial charge in [-0.3, -0.25) is 0 Å². The number of hydrogen-bond acceptors (Lipinski definition) is 5. The molecule has 1 aliphatic rings. The molecule has 1 heterocycles. The normalized spacial score (nSPS) is 14.8. The third-order valence-corrected chi connectivity index (χ3v) is 4.39. The van der Waals surface area contributed by atoms with Crippen molar-refractivity contribution in [2.24, 2.45) is 0 Å². The van der Waals surface area contributed by atoms with Crippen LogP contribution in [0.15, 0.2) is 42.0 Å². The first-order valence-corrected chi connectivity index (χ1v) is 8.50. The lowest BCUT2D eigenvalue weighted by molar-refractivity contribution is -0.130. The van der Waals surface area contributed by atoms with E-state index in [-0.39, 0.29) is 5.97 Å². The highest BCUT2D eigenvalue weighted by Gasteiger charge is 2.23. The average molecular weight is 366 g/mol. The lowest BCUT2D eigenvalue weighted by atomic mass is 10.0. The second-order valence-corrected chi connectivity index (χ2v) is 6.27. The number of aryl methyl sites for hydroxylation is 2. The molecular formula is C22H22O5. The maximum absolute atomic E-state index is 12.4. The highest BCUT2D eigenvalue weighted by atomic mass is 16.5. The number of hydrogen-bond donors (Lipinski definition) is 0. The molecule has 0 atom stereocenters. The number of carbonyl (C=O) groups is 1. The van der Waals surface area contributed by atoms with Gasteiger partial charge in [0.2, 0.25) is 5.75 Å². The van der Waals surface area contributed by atoms with Gasteiger partial charge in [0.05, 0.1) is 26.9 Å². The fourth-order valence-electron chi connectivity index (χ4n) is 2.99. The van der Waals surface area contributed by atoms with E-state index in [9.17, 15) is 4.79 Å². The van der Waals surface area contributed by atoms with Crippen LogP contribution in [-0.4, -0.2) is 27.3 Å². The molecule has 5 nitrogen and oxygen atoms in total. The highest BCUT2D eigenvalue weighted by Crippen LogP contribution is 2.39. The summed E-state index contributed by atoms with van der Waals surface area (Å²) in [7, 11) is 4.65. The zero-order chi connectivity index (χ0) is 19.6. The van der Waals surface area contributed by atoms with Crippen LogP contribution in [0.1, 0.15) is 22.3 Å². The minimum atomic E-state index is -0.389. The van der Waals surface area contributed by atoms with E-state index in [1.54, 1.807) is 45.6 Å². The molecule has 2 aromatic rings. The molecule has 0 bridgehead atoms. The molecule has 0 saturated carbocycles. The zero-order valence-electron chi connectivity index (χ0n) is 16.1. The number of ether oxygens (including phenoxy) is 4. The summed E-state index contributed by atoms with van der Waals surface area (Å²) >= 11 is 0. The van der Waals surface area contributed by atoms with E-state index in [4.69, 9.17) is 18.9 Å². The Bertz CT molecular complexity index is 928. The molecule has 0 amide bonds. The van der Waals surface area contributed by atoms with Gasteiger partial charge in [0.25, 0.3) is 0 Å². The Hall–Kier alpha value is -3.21. The van der Waals surface area contributed by atoms with Crippen LogP contribution in [0.5, 0.6) is 17.2 Å². The van der Waals surface area contributed by atoms with Gasteiger partial charge in [-0.1, -0.05) is 17.7 Å². The first kappa shape index (κ1) is 18.6. The second-order valence-electron chi connectivity index (χ2n) is 6.27. The van der Waals surface area contributed by atoms with Crippen molar-refractivity contribution in [2.45, 2.75) is 13.8 Å². The summed E-state index contributed by atoms with van der Waals surface area (Å²) in [5, 5.41) is 0. The van der Waals surface area contributed by atoms with Crippen LogP contribution in [0.2, 0.25) is 0 Å². The zero-order valence-corrected chi connectivity index (χ0v) is 16.1. The summed E-state index contributed by atoms with van der Waals surface area (Å²) in [6.07, 6.45) is 3.50. The Kier molecular flexibility index (Phi) is 5.21. The molecule has 0 radical (unpaired) electrons. The van der Waals surface area contributed by atoms with Gasteiger partial charge in [0, 0.05) is 5.56 Å². The minimum absolute atomic E-state index is 0.389. The van der Waals surface area contributed by atoms with Gasteiger partial charge < -0.3 is 18.9 Å². The first-order chi connectivity index (χ1) is 13.0. The molecule has 0 N–H and O–H groups in total. The molecule has 0 aromatic heterocycles.